The molecule has 32 heavy (non-hydrogen) atoms. The second-order valence-corrected chi connectivity index (χ2v) is 16.8. The number of amides is 2. The fraction of sp³-hybridized carbons (Fsp3) is 0.842. The van der Waals surface area contributed by atoms with Crippen molar-refractivity contribution in [3.8, 4) is 0 Å². The molecule has 0 spiro atoms. The van der Waals surface area contributed by atoms with E-state index < -0.39 is 54.6 Å². The SMILES string of the molecule is CC(NC(=O)C(N)CO[Si](C)(C)C(C)(C)C)C(=O)N1CCCC(C(=O)OCC(Cl)(Cl)Cl)N1. The molecule has 4 N–H and O–H groups in total. The fourth-order valence-corrected chi connectivity index (χ4v) is 3.77. The zero-order valence-electron chi connectivity index (χ0n) is 19.5. The standard InChI is InChI=1S/C19H35Cl3N4O5Si/c1-12(24-15(27)13(23)10-31-32(5,6)18(2,3)4)16(28)26-9-7-8-14(25-26)17(29)30-11-19(20,21)22/h12-14,25H,7-11,23H2,1-6H3,(H,24,27). The summed E-state index contributed by atoms with van der Waals surface area (Å²) >= 11 is 16.8. The Balaban J connectivity index is 2.58. The molecule has 0 radical (unpaired) electrons. The number of nitrogens with zero attached hydrogens (tertiary/aromatic N) is 1. The maximum atomic E-state index is 12.8. The van der Waals surface area contributed by atoms with Gasteiger partial charge in [-0.1, -0.05) is 55.6 Å². The lowest BCUT2D eigenvalue weighted by Crippen LogP contribution is -2.60. The molecule has 0 aromatic rings. The molecule has 9 nitrogen and oxygen atoms in total. The van der Waals surface area contributed by atoms with Crippen molar-refractivity contribution < 1.29 is 23.5 Å². The van der Waals surface area contributed by atoms with Crippen LogP contribution in [0, 0.1) is 0 Å². The van der Waals surface area contributed by atoms with Gasteiger partial charge in [-0.3, -0.25) is 19.4 Å². The van der Waals surface area contributed by atoms with Gasteiger partial charge < -0.3 is 20.2 Å². The van der Waals surface area contributed by atoms with Crippen molar-refractivity contribution in [1.29, 1.82) is 0 Å². The van der Waals surface area contributed by atoms with E-state index in [-0.39, 0.29) is 11.6 Å². The Morgan fingerprint density at radius 2 is 1.84 bits per heavy atom. The lowest BCUT2D eigenvalue weighted by atomic mass is 10.1. The normalized spacial score (nSPS) is 19.8. The van der Waals surface area contributed by atoms with Crippen molar-refractivity contribution in [2.45, 2.75) is 80.6 Å². The summed E-state index contributed by atoms with van der Waals surface area (Å²) in [7, 11) is -2.05. The summed E-state index contributed by atoms with van der Waals surface area (Å²) in [5, 5.41) is 3.89. The Morgan fingerprint density at radius 1 is 1.25 bits per heavy atom. The second kappa shape index (κ2) is 11.7. The number of carbonyl (C=O) groups excluding carboxylic acids is 3. The molecule has 3 atom stereocenters. The van der Waals surface area contributed by atoms with E-state index in [1.54, 1.807) is 6.92 Å². The molecule has 1 aliphatic rings. The second-order valence-electron chi connectivity index (χ2n) is 9.44. The average molecular weight is 534 g/mol. The number of hydrogen-bond acceptors (Lipinski definition) is 7. The van der Waals surface area contributed by atoms with Gasteiger partial charge in [0.15, 0.2) is 8.32 Å². The molecule has 1 aliphatic heterocycles. The van der Waals surface area contributed by atoms with Crippen LogP contribution in [0.4, 0.5) is 0 Å². The van der Waals surface area contributed by atoms with Crippen molar-refractivity contribution in [2.24, 2.45) is 5.73 Å². The molecular weight excluding hydrogens is 499 g/mol. The molecule has 3 unspecified atom stereocenters. The maximum absolute atomic E-state index is 12.8. The first-order valence-electron chi connectivity index (χ1n) is 10.5. The quantitative estimate of drug-likeness (QED) is 0.248. The van der Waals surface area contributed by atoms with Gasteiger partial charge in [-0.15, -0.1) is 0 Å². The minimum atomic E-state index is -2.05. The minimum Gasteiger partial charge on any atom is -0.460 e. The Labute approximate surface area is 206 Å². The molecule has 1 fully saturated rings. The van der Waals surface area contributed by atoms with Crippen molar-refractivity contribution in [3.63, 3.8) is 0 Å². The van der Waals surface area contributed by atoms with Crippen LogP contribution in [0.2, 0.25) is 18.1 Å². The highest BCUT2D eigenvalue weighted by Gasteiger charge is 2.38. The van der Waals surface area contributed by atoms with Gasteiger partial charge in [0.2, 0.25) is 9.70 Å². The topological polar surface area (TPSA) is 123 Å². The van der Waals surface area contributed by atoms with Crippen molar-refractivity contribution in [3.05, 3.63) is 0 Å². The molecule has 0 aromatic carbocycles. The highest BCUT2D eigenvalue weighted by atomic mass is 35.6. The summed E-state index contributed by atoms with van der Waals surface area (Å²) in [6, 6.07) is -2.52. The Kier molecular flexibility index (Phi) is 10.7. The predicted molar refractivity (Wildman–Crippen MR) is 128 cm³/mol. The van der Waals surface area contributed by atoms with Crippen LogP contribution < -0.4 is 16.5 Å². The van der Waals surface area contributed by atoms with Crippen LogP contribution in [0.3, 0.4) is 0 Å². The van der Waals surface area contributed by atoms with Gasteiger partial charge in [0.25, 0.3) is 5.91 Å². The highest BCUT2D eigenvalue weighted by Crippen LogP contribution is 2.36. The molecule has 2 amide bonds. The van der Waals surface area contributed by atoms with Gasteiger partial charge in [0.1, 0.15) is 24.7 Å². The highest BCUT2D eigenvalue weighted by molar-refractivity contribution is 6.74. The van der Waals surface area contributed by atoms with E-state index in [9.17, 15) is 14.4 Å². The summed E-state index contributed by atoms with van der Waals surface area (Å²) in [6.07, 6.45) is 1.02. The number of nitrogens with two attached hydrogens (primary N) is 1. The maximum Gasteiger partial charge on any atom is 0.325 e. The molecular formula is C19H35Cl3N4O5Si. The van der Waals surface area contributed by atoms with Gasteiger partial charge in [-0.25, -0.2) is 5.43 Å². The van der Waals surface area contributed by atoms with E-state index in [2.05, 4.69) is 44.6 Å². The molecule has 0 aromatic heterocycles. The molecule has 1 heterocycles. The smallest absolute Gasteiger partial charge is 0.325 e. The van der Waals surface area contributed by atoms with E-state index in [0.29, 0.717) is 19.4 Å². The van der Waals surface area contributed by atoms with Gasteiger partial charge in [0.05, 0.1) is 6.61 Å². The summed E-state index contributed by atoms with van der Waals surface area (Å²) < 4.78 is 9.25. The Morgan fingerprint density at radius 3 is 2.38 bits per heavy atom. The van der Waals surface area contributed by atoms with Crippen molar-refractivity contribution >= 4 is 60.9 Å². The van der Waals surface area contributed by atoms with E-state index in [0.717, 1.165) is 0 Å². The average Bonchev–Trinajstić information content (AvgIpc) is 2.68. The van der Waals surface area contributed by atoms with Gasteiger partial charge in [-0.05, 0) is 37.9 Å². The minimum absolute atomic E-state index is 0.0110. The number of carbonyl (C=O) groups is 3. The fourth-order valence-electron chi connectivity index (χ4n) is 2.57. The number of rotatable bonds is 8. The van der Waals surface area contributed by atoms with Crippen molar-refractivity contribution in [2.75, 3.05) is 19.8 Å². The zero-order valence-corrected chi connectivity index (χ0v) is 22.7. The number of halogens is 3. The molecule has 13 heteroatoms. The third kappa shape index (κ3) is 9.32. The van der Waals surface area contributed by atoms with Crippen LogP contribution in [0.5, 0.6) is 0 Å². The number of hydrazine groups is 1. The Hall–Kier alpha value is -0.623. The third-order valence-electron chi connectivity index (χ3n) is 5.61. The number of hydrogen-bond donors (Lipinski definition) is 3. The lowest BCUT2D eigenvalue weighted by molar-refractivity contribution is -0.152. The molecule has 0 saturated carbocycles. The van der Waals surface area contributed by atoms with Crippen molar-refractivity contribution in [1.82, 2.24) is 15.8 Å². The van der Waals surface area contributed by atoms with Crippen LogP contribution in [-0.4, -0.2) is 72.8 Å². The third-order valence-corrected chi connectivity index (χ3v) is 10.4. The van der Waals surface area contributed by atoms with Crippen LogP contribution in [0.25, 0.3) is 0 Å². The van der Waals surface area contributed by atoms with Crippen LogP contribution in [0.15, 0.2) is 0 Å². The molecule has 1 saturated heterocycles. The summed E-state index contributed by atoms with van der Waals surface area (Å²) in [5.41, 5.74) is 8.79. The van der Waals surface area contributed by atoms with Crippen LogP contribution in [0.1, 0.15) is 40.5 Å². The molecule has 0 aliphatic carbocycles. The van der Waals surface area contributed by atoms with E-state index in [4.69, 9.17) is 49.7 Å². The molecule has 1 rings (SSSR count). The monoisotopic (exact) mass is 532 g/mol. The van der Waals surface area contributed by atoms with Crippen LogP contribution in [-0.2, 0) is 23.5 Å². The summed E-state index contributed by atoms with van der Waals surface area (Å²) in [6.45, 7) is 12.0. The number of ether oxygens (including phenoxy) is 1. The zero-order chi connectivity index (χ0) is 24.9. The van der Waals surface area contributed by atoms with Crippen LogP contribution >= 0.6 is 34.8 Å². The summed E-state index contributed by atoms with van der Waals surface area (Å²) in [5.74, 6) is -1.52. The lowest BCUT2D eigenvalue weighted by Gasteiger charge is -2.37. The Bertz CT molecular complexity index is 685. The number of alkyl halides is 3. The first-order chi connectivity index (χ1) is 14.4. The van der Waals surface area contributed by atoms with Gasteiger partial charge in [-0.2, -0.15) is 0 Å². The predicted octanol–water partition coefficient (Wildman–Crippen LogP) is 2.25. The summed E-state index contributed by atoms with van der Waals surface area (Å²) in [4.78, 5) is 37.4. The molecule has 0 bridgehead atoms. The first kappa shape index (κ1) is 29.4. The van der Waals surface area contributed by atoms with E-state index in [1.165, 1.54) is 5.01 Å². The van der Waals surface area contributed by atoms with Gasteiger partial charge >= 0.3 is 5.97 Å². The van der Waals surface area contributed by atoms with E-state index >= 15 is 0 Å². The first-order valence-corrected chi connectivity index (χ1v) is 14.5. The largest absolute Gasteiger partial charge is 0.460 e. The number of nitrogens with one attached hydrogen (secondary N) is 2. The van der Waals surface area contributed by atoms with E-state index in [1.807, 2.05) is 0 Å². The molecule has 186 valence electrons. The number of esters is 1. The van der Waals surface area contributed by atoms with Gasteiger partial charge in [0, 0.05) is 6.54 Å².